The first-order chi connectivity index (χ1) is 9.42. The fraction of sp³-hybridized carbons (Fsp3) is 0.583. The summed E-state index contributed by atoms with van der Waals surface area (Å²) in [5.41, 5.74) is -0.128. The van der Waals surface area contributed by atoms with Crippen LogP contribution in [-0.2, 0) is 10.0 Å². The first-order valence-electron chi connectivity index (χ1n) is 6.39. The Morgan fingerprint density at radius 2 is 2.05 bits per heavy atom. The van der Waals surface area contributed by atoms with E-state index in [0.717, 1.165) is 31.7 Å². The molecule has 1 aliphatic carbocycles. The monoisotopic (exact) mass is 318 g/mol. The lowest BCUT2D eigenvalue weighted by Gasteiger charge is -2.27. The van der Waals surface area contributed by atoms with E-state index in [1.165, 1.54) is 6.20 Å². The third-order valence-electron chi connectivity index (χ3n) is 3.53. The van der Waals surface area contributed by atoms with Gasteiger partial charge in [0, 0.05) is 17.5 Å². The van der Waals surface area contributed by atoms with Crippen molar-refractivity contribution in [2.24, 2.45) is 0 Å². The Kier molecular flexibility index (Phi) is 4.77. The Bertz CT molecular complexity index is 574. The molecule has 112 valence electrons. The average molecular weight is 318 g/mol. The molecule has 0 aromatic carbocycles. The van der Waals surface area contributed by atoms with Crippen molar-refractivity contribution in [3.05, 3.63) is 18.0 Å². The molecule has 0 radical (unpaired) electrons. The van der Waals surface area contributed by atoms with Crippen LogP contribution in [0.5, 0.6) is 0 Å². The van der Waals surface area contributed by atoms with Gasteiger partial charge in [0.15, 0.2) is 0 Å². The number of H-pyrrole nitrogens is 1. The number of carboxylic acid groups (broad SMARTS) is 1. The second kappa shape index (κ2) is 6.19. The van der Waals surface area contributed by atoms with Crippen molar-refractivity contribution in [3.8, 4) is 0 Å². The minimum atomic E-state index is -3.65. The number of thioether (sulfide) groups is 1. The lowest BCUT2D eigenvalue weighted by Crippen LogP contribution is -2.37. The fourth-order valence-corrected chi connectivity index (χ4v) is 4.40. The molecule has 1 aromatic heterocycles. The quantitative estimate of drug-likeness (QED) is 0.767. The van der Waals surface area contributed by atoms with Crippen molar-refractivity contribution in [2.75, 3.05) is 6.26 Å². The van der Waals surface area contributed by atoms with Crippen molar-refractivity contribution in [1.82, 2.24) is 9.71 Å². The molecule has 0 amide bonds. The summed E-state index contributed by atoms with van der Waals surface area (Å²) < 4.78 is 27.0. The van der Waals surface area contributed by atoms with E-state index < -0.39 is 16.0 Å². The molecule has 1 saturated carbocycles. The van der Waals surface area contributed by atoms with E-state index in [1.54, 1.807) is 0 Å². The van der Waals surface area contributed by atoms with Gasteiger partial charge in [0.05, 0.1) is 0 Å². The molecule has 0 unspecified atom stereocenters. The zero-order valence-corrected chi connectivity index (χ0v) is 12.8. The van der Waals surface area contributed by atoms with Crippen molar-refractivity contribution in [2.45, 2.75) is 41.9 Å². The second-order valence-corrected chi connectivity index (χ2v) is 7.74. The molecule has 0 bridgehead atoms. The maximum atomic E-state index is 12.2. The number of aromatic amines is 1. The first kappa shape index (κ1) is 15.4. The van der Waals surface area contributed by atoms with Crippen molar-refractivity contribution in [3.63, 3.8) is 0 Å². The number of hydrogen-bond acceptors (Lipinski definition) is 4. The van der Waals surface area contributed by atoms with Gasteiger partial charge < -0.3 is 10.1 Å². The summed E-state index contributed by atoms with van der Waals surface area (Å²) in [5.74, 6) is -1.17. The molecule has 0 atom stereocenters. The smallest absolute Gasteiger partial charge is 0.352 e. The highest BCUT2D eigenvalue weighted by Gasteiger charge is 2.26. The van der Waals surface area contributed by atoms with Crippen molar-refractivity contribution < 1.29 is 18.3 Å². The van der Waals surface area contributed by atoms with Gasteiger partial charge >= 0.3 is 5.97 Å². The van der Waals surface area contributed by atoms with Crippen LogP contribution >= 0.6 is 11.8 Å². The van der Waals surface area contributed by atoms with Gasteiger partial charge in [0.2, 0.25) is 10.0 Å². The summed E-state index contributed by atoms with van der Waals surface area (Å²) in [6.45, 7) is 0. The molecule has 3 N–H and O–H groups in total. The van der Waals surface area contributed by atoms with Gasteiger partial charge in [-0.15, -0.1) is 0 Å². The second-order valence-electron chi connectivity index (χ2n) is 4.88. The molecular formula is C12H18N2O4S2. The summed E-state index contributed by atoms with van der Waals surface area (Å²) in [7, 11) is -3.65. The normalized spacial score (nSPS) is 23.6. The number of aromatic nitrogens is 1. The molecule has 6 nitrogen and oxygen atoms in total. The number of nitrogens with one attached hydrogen (secondary N) is 2. The topological polar surface area (TPSA) is 99.3 Å². The third kappa shape index (κ3) is 3.56. The summed E-state index contributed by atoms with van der Waals surface area (Å²) in [4.78, 5) is 13.2. The SMILES string of the molecule is CSC1CCC(NS(=O)(=O)c2c[nH]c(C(=O)O)c2)CC1. The Labute approximate surface area is 122 Å². The summed E-state index contributed by atoms with van der Waals surface area (Å²) in [6.07, 6.45) is 6.92. The highest BCUT2D eigenvalue weighted by Crippen LogP contribution is 2.27. The molecule has 1 aliphatic rings. The van der Waals surface area contributed by atoms with E-state index in [0.29, 0.717) is 5.25 Å². The van der Waals surface area contributed by atoms with E-state index in [-0.39, 0.29) is 16.6 Å². The maximum absolute atomic E-state index is 12.2. The third-order valence-corrected chi connectivity index (χ3v) is 6.16. The van der Waals surface area contributed by atoms with E-state index in [2.05, 4.69) is 16.0 Å². The van der Waals surface area contributed by atoms with E-state index in [1.807, 2.05) is 11.8 Å². The molecule has 8 heteroatoms. The van der Waals surface area contributed by atoms with Crippen LogP contribution in [0.1, 0.15) is 36.2 Å². The van der Waals surface area contributed by atoms with E-state index >= 15 is 0 Å². The highest BCUT2D eigenvalue weighted by molar-refractivity contribution is 7.99. The number of aromatic carboxylic acids is 1. The lowest BCUT2D eigenvalue weighted by molar-refractivity contribution is 0.0691. The predicted octanol–water partition coefficient (Wildman–Crippen LogP) is 1.67. The maximum Gasteiger partial charge on any atom is 0.352 e. The fourth-order valence-electron chi connectivity index (χ4n) is 2.36. The van der Waals surface area contributed by atoms with Gasteiger partial charge in [-0.1, -0.05) is 0 Å². The predicted molar refractivity (Wildman–Crippen MR) is 77.6 cm³/mol. The van der Waals surface area contributed by atoms with E-state index in [4.69, 9.17) is 5.11 Å². The number of sulfonamides is 1. The molecule has 0 spiro atoms. The lowest BCUT2D eigenvalue weighted by atomic mass is 9.96. The molecule has 20 heavy (non-hydrogen) atoms. The molecule has 1 aromatic rings. The Balaban J connectivity index is 2.02. The molecule has 1 heterocycles. The average Bonchev–Trinajstić information content (AvgIpc) is 2.90. The van der Waals surface area contributed by atoms with Crippen LogP contribution in [0.15, 0.2) is 17.2 Å². The highest BCUT2D eigenvalue weighted by atomic mass is 32.2. The molecule has 2 rings (SSSR count). The van der Waals surface area contributed by atoms with Gasteiger partial charge in [-0.05, 0) is 38.0 Å². The molecule has 0 saturated heterocycles. The van der Waals surface area contributed by atoms with Gasteiger partial charge in [0.1, 0.15) is 10.6 Å². The summed E-state index contributed by atoms with van der Waals surface area (Å²) in [5, 5.41) is 9.41. The summed E-state index contributed by atoms with van der Waals surface area (Å²) >= 11 is 1.82. The van der Waals surface area contributed by atoms with Crippen LogP contribution in [0, 0.1) is 0 Å². The Morgan fingerprint density at radius 3 is 2.55 bits per heavy atom. The van der Waals surface area contributed by atoms with Crippen LogP contribution < -0.4 is 4.72 Å². The minimum absolute atomic E-state index is 0.0260. The Hall–Kier alpha value is -0.990. The Morgan fingerprint density at radius 1 is 1.40 bits per heavy atom. The van der Waals surface area contributed by atoms with Gasteiger partial charge in [0.25, 0.3) is 0 Å². The standard InChI is InChI=1S/C12H18N2O4S2/c1-19-9-4-2-8(3-5-9)14-20(17,18)10-6-11(12(15)16)13-7-10/h6-9,13-14H,2-5H2,1H3,(H,15,16). The number of carboxylic acids is 1. The van der Waals surface area contributed by atoms with Gasteiger partial charge in [-0.3, -0.25) is 0 Å². The molecule has 0 aliphatic heterocycles. The van der Waals surface area contributed by atoms with Crippen molar-refractivity contribution >= 4 is 27.8 Å². The minimum Gasteiger partial charge on any atom is -0.477 e. The van der Waals surface area contributed by atoms with Crippen LogP contribution in [0.2, 0.25) is 0 Å². The van der Waals surface area contributed by atoms with Crippen LogP contribution in [0.25, 0.3) is 0 Å². The molecule has 1 fully saturated rings. The molecular weight excluding hydrogens is 300 g/mol. The summed E-state index contributed by atoms with van der Waals surface area (Å²) in [6, 6.07) is 1.07. The number of rotatable bonds is 5. The van der Waals surface area contributed by atoms with Gasteiger partial charge in [-0.25, -0.2) is 17.9 Å². The van der Waals surface area contributed by atoms with Gasteiger partial charge in [-0.2, -0.15) is 11.8 Å². The number of hydrogen-bond donors (Lipinski definition) is 3. The van der Waals surface area contributed by atoms with Crippen LogP contribution in [0.4, 0.5) is 0 Å². The zero-order chi connectivity index (χ0) is 14.8. The number of carbonyl (C=O) groups is 1. The zero-order valence-electron chi connectivity index (χ0n) is 11.1. The van der Waals surface area contributed by atoms with E-state index in [9.17, 15) is 13.2 Å². The van der Waals surface area contributed by atoms with Crippen LogP contribution in [0.3, 0.4) is 0 Å². The first-order valence-corrected chi connectivity index (χ1v) is 9.16. The van der Waals surface area contributed by atoms with Crippen LogP contribution in [-0.4, -0.2) is 42.0 Å². The van der Waals surface area contributed by atoms with Crippen molar-refractivity contribution in [1.29, 1.82) is 0 Å². The largest absolute Gasteiger partial charge is 0.477 e.